The van der Waals surface area contributed by atoms with Crippen LogP contribution in [-0.4, -0.2) is 29.1 Å². The maximum Gasteiger partial charge on any atom is 0.221 e. The molecule has 0 bridgehead atoms. The average Bonchev–Trinajstić information content (AvgIpc) is 2.95. The molecule has 4 rings (SSSR count). The number of carbonyl (C=O) groups is 1. The van der Waals surface area contributed by atoms with Gasteiger partial charge in [0.1, 0.15) is 19.0 Å². The van der Waals surface area contributed by atoms with E-state index in [-0.39, 0.29) is 5.91 Å². The Hall–Kier alpha value is -3.02. The van der Waals surface area contributed by atoms with Crippen LogP contribution in [0.5, 0.6) is 11.5 Å². The van der Waals surface area contributed by atoms with Crippen LogP contribution in [0.3, 0.4) is 0 Å². The highest BCUT2D eigenvalue weighted by atomic mass is 16.6. The molecular formula is C17H15N3O3. The van der Waals surface area contributed by atoms with Gasteiger partial charge in [0.05, 0.1) is 11.0 Å². The largest absolute Gasteiger partial charge is 0.486 e. The third-order valence-electron chi connectivity index (χ3n) is 3.60. The van der Waals surface area contributed by atoms with Gasteiger partial charge in [0, 0.05) is 30.3 Å². The molecule has 0 saturated heterocycles. The highest BCUT2D eigenvalue weighted by Crippen LogP contribution is 2.34. The number of ether oxygens (including phenoxy) is 2. The van der Waals surface area contributed by atoms with Crippen molar-refractivity contribution in [2.45, 2.75) is 6.92 Å². The predicted molar refractivity (Wildman–Crippen MR) is 86.8 cm³/mol. The molecule has 0 saturated carbocycles. The van der Waals surface area contributed by atoms with E-state index in [0.717, 1.165) is 33.9 Å². The summed E-state index contributed by atoms with van der Waals surface area (Å²) in [6.45, 7) is 2.59. The molecule has 0 unspecified atom stereocenters. The second kappa shape index (κ2) is 5.31. The van der Waals surface area contributed by atoms with E-state index < -0.39 is 0 Å². The van der Waals surface area contributed by atoms with Gasteiger partial charge >= 0.3 is 0 Å². The summed E-state index contributed by atoms with van der Waals surface area (Å²) >= 11 is 0. The van der Waals surface area contributed by atoms with Gasteiger partial charge < -0.3 is 19.8 Å². The lowest BCUT2D eigenvalue weighted by atomic mass is 10.2. The van der Waals surface area contributed by atoms with E-state index in [1.807, 2.05) is 36.4 Å². The van der Waals surface area contributed by atoms with Gasteiger partial charge in [0.2, 0.25) is 5.91 Å². The first kappa shape index (κ1) is 13.6. The summed E-state index contributed by atoms with van der Waals surface area (Å²) in [7, 11) is 0. The summed E-state index contributed by atoms with van der Waals surface area (Å²) in [5, 5.41) is 2.77. The van der Waals surface area contributed by atoms with Crippen molar-refractivity contribution in [2.75, 3.05) is 18.5 Å². The number of hydrogen-bond donors (Lipinski definition) is 2. The number of aromatic amines is 1. The molecule has 2 aromatic carbocycles. The minimum atomic E-state index is -0.103. The highest BCUT2D eigenvalue weighted by molar-refractivity contribution is 5.90. The third-order valence-corrected chi connectivity index (χ3v) is 3.60. The fraction of sp³-hybridized carbons (Fsp3) is 0.176. The molecule has 2 heterocycles. The fourth-order valence-corrected chi connectivity index (χ4v) is 2.63. The van der Waals surface area contributed by atoms with Crippen LogP contribution in [0.1, 0.15) is 6.92 Å². The SMILES string of the molecule is CC(=O)Nc1cccc(-c2nc3cc4c(cc3[nH]2)OCCO4)c1. The molecule has 1 aromatic heterocycles. The molecule has 0 radical (unpaired) electrons. The lowest BCUT2D eigenvalue weighted by molar-refractivity contribution is -0.114. The number of amides is 1. The number of nitrogens with one attached hydrogen (secondary N) is 2. The van der Waals surface area contributed by atoms with Crippen molar-refractivity contribution in [3.05, 3.63) is 36.4 Å². The summed E-state index contributed by atoms with van der Waals surface area (Å²) < 4.78 is 11.2. The van der Waals surface area contributed by atoms with Crippen LogP contribution in [0.15, 0.2) is 36.4 Å². The van der Waals surface area contributed by atoms with Crippen molar-refractivity contribution in [3.8, 4) is 22.9 Å². The van der Waals surface area contributed by atoms with Crippen LogP contribution >= 0.6 is 0 Å². The summed E-state index contributed by atoms with van der Waals surface area (Å²) in [6.07, 6.45) is 0. The summed E-state index contributed by atoms with van der Waals surface area (Å²) in [4.78, 5) is 19.1. The van der Waals surface area contributed by atoms with Crippen molar-refractivity contribution in [1.29, 1.82) is 0 Å². The smallest absolute Gasteiger partial charge is 0.221 e. The van der Waals surface area contributed by atoms with Crippen LogP contribution in [-0.2, 0) is 4.79 Å². The molecule has 0 spiro atoms. The Morgan fingerprint density at radius 3 is 2.74 bits per heavy atom. The van der Waals surface area contributed by atoms with Crippen LogP contribution in [0, 0.1) is 0 Å². The summed E-state index contributed by atoms with van der Waals surface area (Å²) in [6, 6.07) is 11.3. The fourth-order valence-electron chi connectivity index (χ4n) is 2.63. The van der Waals surface area contributed by atoms with E-state index in [1.54, 1.807) is 0 Å². The van der Waals surface area contributed by atoms with E-state index in [0.29, 0.717) is 19.0 Å². The number of hydrogen-bond acceptors (Lipinski definition) is 4. The minimum absolute atomic E-state index is 0.103. The van der Waals surface area contributed by atoms with Crippen LogP contribution < -0.4 is 14.8 Å². The van der Waals surface area contributed by atoms with Gasteiger partial charge in [-0.15, -0.1) is 0 Å². The standard InChI is InChI=1S/C17H15N3O3/c1-10(21)18-12-4-2-3-11(7-12)17-19-13-8-15-16(9-14(13)20-17)23-6-5-22-15/h2-4,7-9H,5-6H2,1H3,(H,18,21)(H,19,20). The van der Waals surface area contributed by atoms with Crippen molar-refractivity contribution < 1.29 is 14.3 Å². The number of anilines is 1. The van der Waals surface area contributed by atoms with Crippen LogP contribution in [0.25, 0.3) is 22.4 Å². The molecule has 6 nitrogen and oxygen atoms in total. The molecule has 116 valence electrons. The monoisotopic (exact) mass is 309 g/mol. The van der Waals surface area contributed by atoms with Gasteiger partial charge in [-0.2, -0.15) is 0 Å². The molecule has 3 aromatic rings. The first-order valence-corrected chi connectivity index (χ1v) is 7.36. The van der Waals surface area contributed by atoms with Crippen molar-refractivity contribution >= 4 is 22.6 Å². The zero-order valence-electron chi connectivity index (χ0n) is 12.6. The Kier molecular flexibility index (Phi) is 3.15. The number of aromatic nitrogens is 2. The predicted octanol–water partition coefficient (Wildman–Crippen LogP) is 2.96. The van der Waals surface area contributed by atoms with Gasteiger partial charge in [0.15, 0.2) is 11.5 Å². The maximum atomic E-state index is 11.2. The minimum Gasteiger partial charge on any atom is -0.486 e. The van der Waals surface area contributed by atoms with Gasteiger partial charge in [0.25, 0.3) is 0 Å². The quantitative estimate of drug-likeness (QED) is 0.763. The Bertz CT molecular complexity index is 858. The second-order valence-corrected chi connectivity index (χ2v) is 5.36. The maximum absolute atomic E-state index is 11.2. The van der Waals surface area contributed by atoms with Gasteiger partial charge in [-0.25, -0.2) is 4.98 Å². The molecule has 2 N–H and O–H groups in total. The molecule has 1 amide bonds. The number of rotatable bonds is 2. The summed E-state index contributed by atoms with van der Waals surface area (Å²) in [5.74, 6) is 2.07. The Balaban J connectivity index is 1.75. The zero-order chi connectivity index (χ0) is 15.8. The molecule has 0 aliphatic carbocycles. The third kappa shape index (κ3) is 2.59. The molecule has 23 heavy (non-hydrogen) atoms. The van der Waals surface area contributed by atoms with Gasteiger partial charge in [-0.3, -0.25) is 4.79 Å². The van der Waals surface area contributed by atoms with E-state index in [2.05, 4.69) is 15.3 Å². The number of imidazole rings is 1. The normalized spacial score (nSPS) is 13.1. The van der Waals surface area contributed by atoms with E-state index >= 15 is 0 Å². The first-order valence-electron chi connectivity index (χ1n) is 7.36. The Morgan fingerprint density at radius 1 is 1.17 bits per heavy atom. The van der Waals surface area contributed by atoms with Crippen molar-refractivity contribution in [1.82, 2.24) is 9.97 Å². The molecule has 0 fully saturated rings. The van der Waals surface area contributed by atoms with E-state index in [1.165, 1.54) is 6.92 Å². The molecule has 0 atom stereocenters. The molecule has 6 heteroatoms. The zero-order valence-corrected chi connectivity index (χ0v) is 12.6. The van der Waals surface area contributed by atoms with Crippen LogP contribution in [0.4, 0.5) is 5.69 Å². The number of nitrogens with zero attached hydrogens (tertiary/aromatic N) is 1. The highest BCUT2D eigenvalue weighted by Gasteiger charge is 2.15. The number of fused-ring (bicyclic) bond motifs is 2. The average molecular weight is 309 g/mol. The number of carbonyl (C=O) groups excluding carboxylic acids is 1. The van der Waals surface area contributed by atoms with Gasteiger partial charge in [-0.1, -0.05) is 12.1 Å². The lowest BCUT2D eigenvalue weighted by Gasteiger charge is -2.17. The van der Waals surface area contributed by atoms with Crippen LogP contribution in [0.2, 0.25) is 0 Å². The lowest BCUT2D eigenvalue weighted by Crippen LogP contribution is -2.15. The molecule has 1 aliphatic rings. The van der Waals surface area contributed by atoms with Gasteiger partial charge in [-0.05, 0) is 12.1 Å². The van der Waals surface area contributed by atoms with Crippen molar-refractivity contribution in [2.24, 2.45) is 0 Å². The number of benzene rings is 2. The first-order chi connectivity index (χ1) is 11.2. The topological polar surface area (TPSA) is 76.2 Å². The van der Waals surface area contributed by atoms with E-state index in [4.69, 9.17) is 9.47 Å². The summed E-state index contributed by atoms with van der Waals surface area (Å²) in [5.41, 5.74) is 3.33. The number of H-pyrrole nitrogens is 1. The molecule has 1 aliphatic heterocycles. The Labute approximate surface area is 132 Å². The second-order valence-electron chi connectivity index (χ2n) is 5.36. The van der Waals surface area contributed by atoms with E-state index in [9.17, 15) is 4.79 Å². The molecular weight excluding hydrogens is 294 g/mol. The van der Waals surface area contributed by atoms with Crippen molar-refractivity contribution in [3.63, 3.8) is 0 Å². The Morgan fingerprint density at radius 2 is 1.96 bits per heavy atom.